The molecule has 3 heteroatoms. The van der Waals surface area contributed by atoms with E-state index in [-0.39, 0.29) is 5.54 Å². The van der Waals surface area contributed by atoms with E-state index >= 15 is 0 Å². The normalized spacial score (nSPS) is 23.8. The Kier molecular flexibility index (Phi) is 4.25. The van der Waals surface area contributed by atoms with Crippen molar-refractivity contribution in [1.82, 2.24) is 5.32 Å². The van der Waals surface area contributed by atoms with E-state index in [1.54, 1.807) is 0 Å². The third-order valence-electron chi connectivity index (χ3n) is 3.67. The number of hydrogen-bond acceptors (Lipinski definition) is 1. The zero-order valence-corrected chi connectivity index (χ0v) is 12.8. The van der Waals surface area contributed by atoms with Crippen LogP contribution in [0.4, 0.5) is 0 Å². The van der Waals surface area contributed by atoms with Gasteiger partial charge in [0.15, 0.2) is 0 Å². The Bertz CT molecular complexity index is 423. The van der Waals surface area contributed by atoms with Crippen LogP contribution in [0.2, 0.25) is 10.0 Å². The zero-order chi connectivity index (χ0) is 13.3. The third kappa shape index (κ3) is 3.40. The van der Waals surface area contributed by atoms with E-state index in [1.807, 2.05) is 18.2 Å². The van der Waals surface area contributed by atoms with Crippen LogP contribution in [0, 0.1) is 5.92 Å². The van der Waals surface area contributed by atoms with Crippen LogP contribution >= 0.6 is 23.2 Å². The van der Waals surface area contributed by atoms with Crippen molar-refractivity contribution in [2.75, 3.05) is 6.54 Å². The Morgan fingerprint density at radius 1 is 1.22 bits per heavy atom. The van der Waals surface area contributed by atoms with Gasteiger partial charge in [-0.05, 0) is 75.8 Å². The maximum absolute atomic E-state index is 6.28. The quantitative estimate of drug-likeness (QED) is 0.835. The van der Waals surface area contributed by atoms with Crippen molar-refractivity contribution in [3.63, 3.8) is 0 Å². The first-order valence-corrected chi connectivity index (χ1v) is 7.32. The highest BCUT2D eigenvalue weighted by molar-refractivity contribution is 6.33. The van der Waals surface area contributed by atoms with Gasteiger partial charge in [-0.25, -0.2) is 0 Å². The number of hydrogen-bond donors (Lipinski definition) is 1. The topological polar surface area (TPSA) is 12.0 Å². The molecule has 0 radical (unpaired) electrons. The van der Waals surface area contributed by atoms with Gasteiger partial charge in [-0.3, -0.25) is 0 Å². The summed E-state index contributed by atoms with van der Waals surface area (Å²) >= 11 is 12.3. The first-order valence-electron chi connectivity index (χ1n) is 6.57. The lowest BCUT2D eigenvalue weighted by Crippen LogP contribution is -2.43. The van der Waals surface area contributed by atoms with Crippen LogP contribution in [0.5, 0.6) is 0 Å². The fraction of sp³-hybridized carbons (Fsp3) is 0.600. The van der Waals surface area contributed by atoms with Crippen LogP contribution in [0.25, 0.3) is 0 Å². The van der Waals surface area contributed by atoms with Crippen molar-refractivity contribution in [2.24, 2.45) is 5.92 Å². The maximum Gasteiger partial charge on any atom is 0.0441 e. The summed E-state index contributed by atoms with van der Waals surface area (Å²) in [6.45, 7) is 7.66. The molecule has 0 amide bonds. The minimum absolute atomic E-state index is 0.179. The van der Waals surface area contributed by atoms with Gasteiger partial charge < -0.3 is 5.32 Å². The summed E-state index contributed by atoms with van der Waals surface area (Å²) in [7, 11) is 0. The largest absolute Gasteiger partial charge is 0.312 e. The maximum atomic E-state index is 6.28. The minimum Gasteiger partial charge on any atom is -0.312 e. The third-order valence-corrected chi connectivity index (χ3v) is 4.25. The molecule has 2 atom stereocenters. The lowest BCUT2D eigenvalue weighted by atomic mass is 9.70. The lowest BCUT2D eigenvalue weighted by Gasteiger charge is -2.39. The molecule has 0 aliphatic heterocycles. The second kappa shape index (κ2) is 5.40. The molecule has 1 fully saturated rings. The summed E-state index contributed by atoms with van der Waals surface area (Å²) in [6.07, 6.45) is 2.49. The van der Waals surface area contributed by atoms with Gasteiger partial charge in [-0.2, -0.15) is 0 Å². The van der Waals surface area contributed by atoms with Gasteiger partial charge in [-0.1, -0.05) is 23.2 Å². The highest BCUT2D eigenvalue weighted by Gasteiger charge is 2.33. The standard InChI is InChI=1S/C15H21Cl2N/c1-15(2,3)18-9-10-4-6-12(10)13-8-11(16)5-7-14(13)17/h5,7-8,10,12,18H,4,6,9H2,1-3H3. The Hall–Kier alpha value is -0.240. The highest BCUT2D eigenvalue weighted by atomic mass is 35.5. The average Bonchev–Trinajstić information content (AvgIpc) is 2.20. The van der Waals surface area contributed by atoms with Gasteiger partial charge >= 0.3 is 0 Å². The first-order chi connectivity index (χ1) is 8.37. The van der Waals surface area contributed by atoms with E-state index in [1.165, 1.54) is 18.4 Å². The number of rotatable bonds is 3. The van der Waals surface area contributed by atoms with Gasteiger partial charge in [0.25, 0.3) is 0 Å². The monoisotopic (exact) mass is 285 g/mol. The molecule has 1 aliphatic rings. The first kappa shape index (κ1) is 14.2. The van der Waals surface area contributed by atoms with Gasteiger partial charge in [0.1, 0.15) is 0 Å². The minimum atomic E-state index is 0.179. The van der Waals surface area contributed by atoms with Crippen LogP contribution in [0.3, 0.4) is 0 Å². The molecule has 1 N–H and O–H groups in total. The molecular formula is C15H21Cl2N. The van der Waals surface area contributed by atoms with E-state index in [4.69, 9.17) is 23.2 Å². The van der Waals surface area contributed by atoms with Gasteiger partial charge in [0, 0.05) is 15.6 Å². The summed E-state index contributed by atoms with van der Waals surface area (Å²) < 4.78 is 0. The van der Waals surface area contributed by atoms with E-state index < -0.39 is 0 Å². The fourth-order valence-corrected chi connectivity index (χ4v) is 2.90. The average molecular weight is 286 g/mol. The molecule has 18 heavy (non-hydrogen) atoms. The zero-order valence-electron chi connectivity index (χ0n) is 11.3. The van der Waals surface area contributed by atoms with Gasteiger partial charge in [0.05, 0.1) is 0 Å². The summed E-state index contributed by atoms with van der Waals surface area (Å²) in [5.41, 5.74) is 1.40. The molecule has 0 aromatic heterocycles. The van der Waals surface area contributed by atoms with Crippen molar-refractivity contribution in [1.29, 1.82) is 0 Å². The molecule has 0 spiro atoms. The van der Waals surface area contributed by atoms with E-state index in [0.29, 0.717) is 11.8 Å². The predicted octanol–water partition coefficient (Wildman–Crippen LogP) is 4.88. The predicted molar refractivity (Wildman–Crippen MR) is 79.7 cm³/mol. The molecule has 100 valence electrons. The second-order valence-electron chi connectivity index (χ2n) is 6.24. The Labute approximate surface area is 120 Å². The molecule has 0 saturated heterocycles. The fourth-order valence-electron chi connectivity index (χ4n) is 2.46. The summed E-state index contributed by atoms with van der Waals surface area (Å²) in [4.78, 5) is 0. The molecule has 1 aromatic carbocycles. The number of nitrogens with one attached hydrogen (secondary N) is 1. The summed E-state index contributed by atoms with van der Waals surface area (Å²) in [6, 6.07) is 5.79. The molecule has 1 aromatic rings. The molecule has 2 unspecified atom stereocenters. The lowest BCUT2D eigenvalue weighted by molar-refractivity contribution is 0.226. The SMILES string of the molecule is CC(C)(C)NCC1CCC1c1cc(Cl)ccc1Cl. The Morgan fingerprint density at radius 2 is 1.94 bits per heavy atom. The van der Waals surface area contributed by atoms with E-state index in [9.17, 15) is 0 Å². The molecular weight excluding hydrogens is 265 g/mol. The molecule has 0 heterocycles. The van der Waals surface area contributed by atoms with Crippen LogP contribution in [-0.2, 0) is 0 Å². The van der Waals surface area contributed by atoms with Crippen molar-refractivity contribution in [3.05, 3.63) is 33.8 Å². The molecule has 1 nitrogen and oxygen atoms in total. The van der Waals surface area contributed by atoms with Gasteiger partial charge in [0.2, 0.25) is 0 Å². The van der Waals surface area contributed by atoms with E-state index in [2.05, 4.69) is 26.1 Å². The van der Waals surface area contributed by atoms with E-state index in [0.717, 1.165) is 16.6 Å². The van der Waals surface area contributed by atoms with Crippen LogP contribution in [0.1, 0.15) is 45.1 Å². The molecule has 1 aliphatic carbocycles. The van der Waals surface area contributed by atoms with Crippen LogP contribution < -0.4 is 5.32 Å². The summed E-state index contributed by atoms with van der Waals surface area (Å²) in [5.74, 6) is 1.24. The number of benzene rings is 1. The number of halogens is 2. The summed E-state index contributed by atoms with van der Waals surface area (Å²) in [5, 5.41) is 5.21. The van der Waals surface area contributed by atoms with Crippen LogP contribution in [0.15, 0.2) is 18.2 Å². The van der Waals surface area contributed by atoms with Gasteiger partial charge in [-0.15, -0.1) is 0 Å². The molecule has 1 saturated carbocycles. The molecule has 0 bridgehead atoms. The van der Waals surface area contributed by atoms with Crippen molar-refractivity contribution < 1.29 is 0 Å². The van der Waals surface area contributed by atoms with Crippen LogP contribution in [-0.4, -0.2) is 12.1 Å². The Morgan fingerprint density at radius 3 is 2.50 bits per heavy atom. The molecule has 2 rings (SSSR count). The Balaban J connectivity index is 2.03. The second-order valence-corrected chi connectivity index (χ2v) is 7.08. The smallest absolute Gasteiger partial charge is 0.0441 e. The van der Waals surface area contributed by atoms with Crippen molar-refractivity contribution in [2.45, 2.75) is 45.1 Å². The van der Waals surface area contributed by atoms with Crippen molar-refractivity contribution >= 4 is 23.2 Å². The highest BCUT2D eigenvalue weighted by Crippen LogP contribution is 2.45. The van der Waals surface area contributed by atoms with Crippen molar-refractivity contribution in [3.8, 4) is 0 Å².